The van der Waals surface area contributed by atoms with Gasteiger partial charge in [-0.1, -0.05) is 78.4 Å². The highest BCUT2D eigenvalue weighted by Gasteiger charge is 2.14. The maximum Gasteiger partial charge on any atom is 0.225 e. The third-order valence-corrected chi connectivity index (χ3v) is 5.47. The lowest BCUT2D eigenvalue weighted by atomic mass is 10.1. The summed E-state index contributed by atoms with van der Waals surface area (Å²) in [5.74, 6) is 0.387. The lowest BCUT2D eigenvalue weighted by molar-refractivity contribution is -0.121. The molecule has 0 saturated carbocycles. The SMILES string of the molecule is Cc1ccc(-n2nc(-c3ccccc3)cc2NC(=O)CCCC(=O)NCc2ccccc2)cc1. The number of carbonyl (C=O) groups excluding carboxylic acids is 2. The second-order valence-electron chi connectivity index (χ2n) is 8.19. The highest BCUT2D eigenvalue weighted by atomic mass is 16.2. The van der Waals surface area contributed by atoms with E-state index in [4.69, 9.17) is 5.10 Å². The van der Waals surface area contributed by atoms with E-state index in [1.165, 1.54) is 0 Å². The Balaban J connectivity index is 1.38. The van der Waals surface area contributed by atoms with E-state index in [1.54, 1.807) is 4.68 Å². The van der Waals surface area contributed by atoms with Crippen LogP contribution in [0.25, 0.3) is 16.9 Å². The van der Waals surface area contributed by atoms with Crippen LogP contribution in [0.4, 0.5) is 5.82 Å². The Hall–Kier alpha value is -4.19. The van der Waals surface area contributed by atoms with Crippen molar-refractivity contribution >= 4 is 17.6 Å². The molecule has 0 aliphatic rings. The minimum Gasteiger partial charge on any atom is -0.352 e. The van der Waals surface area contributed by atoms with Gasteiger partial charge >= 0.3 is 0 Å². The lowest BCUT2D eigenvalue weighted by Crippen LogP contribution is -2.23. The fraction of sp³-hybridized carbons (Fsp3) is 0.179. The van der Waals surface area contributed by atoms with Crippen molar-refractivity contribution in [1.29, 1.82) is 0 Å². The number of hydrogen-bond acceptors (Lipinski definition) is 3. The van der Waals surface area contributed by atoms with Crippen molar-refractivity contribution < 1.29 is 9.59 Å². The van der Waals surface area contributed by atoms with E-state index in [0.29, 0.717) is 25.2 Å². The molecular formula is C28H28N4O2. The number of nitrogens with zero attached hydrogens (tertiary/aromatic N) is 2. The molecule has 4 aromatic rings. The molecule has 0 radical (unpaired) electrons. The Bertz CT molecular complexity index is 1230. The van der Waals surface area contributed by atoms with Crippen LogP contribution in [0.15, 0.2) is 91.0 Å². The zero-order valence-corrected chi connectivity index (χ0v) is 19.2. The van der Waals surface area contributed by atoms with Gasteiger partial charge in [-0.25, -0.2) is 4.68 Å². The predicted molar refractivity (Wildman–Crippen MR) is 135 cm³/mol. The number of anilines is 1. The smallest absolute Gasteiger partial charge is 0.225 e. The van der Waals surface area contributed by atoms with Crippen LogP contribution >= 0.6 is 0 Å². The molecule has 0 spiro atoms. The van der Waals surface area contributed by atoms with E-state index < -0.39 is 0 Å². The van der Waals surface area contributed by atoms with Gasteiger partial charge in [-0.2, -0.15) is 5.10 Å². The molecule has 6 heteroatoms. The van der Waals surface area contributed by atoms with Gasteiger partial charge in [0.25, 0.3) is 0 Å². The molecule has 4 rings (SSSR count). The average Bonchev–Trinajstić information content (AvgIpc) is 3.28. The van der Waals surface area contributed by atoms with Crippen LogP contribution in [0.3, 0.4) is 0 Å². The Morgan fingerprint density at radius 3 is 2.18 bits per heavy atom. The van der Waals surface area contributed by atoms with Crippen LogP contribution in [0.2, 0.25) is 0 Å². The van der Waals surface area contributed by atoms with Crippen LogP contribution in [0.5, 0.6) is 0 Å². The van der Waals surface area contributed by atoms with E-state index in [-0.39, 0.29) is 18.2 Å². The second kappa shape index (κ2) is 11.1. The molecule has 0 aliphatic heterocycles. The van der Waals surface area contributed by atoms with Crippen LogP contribution < -0.4 is 10.6 Å². The zero-order valence-electron chi connectivity index (χ0n) is 19.2. The molecule has 0 fully saturated rings. The van der Waals surface area contributed by atoms with Crippen molar-refractivity contribution in [3.63, 3.8) is 0 Å². The number of aryl methyl sites for hydroxylation is 1. The van der Waals surface area contributed by atoms with Crippen LogP contribution in [-0.4, -0.2) is 21.6 Å². The van der Waals surface area contributed by atoms with Crippen molar-refractivity contribution in [2.24, 2.45) is 0 Å². The van der Waals surface area contributed by atoms with Gasteiger partial charge in [0.2, 0.25) is 11.8 Å². The van der Waals surface area contributed by atoms with E-state index in [2.05, 4.69) is 10.6 Å². The zero-order chi connectivity index (χ0) is 23.8. The van der Waals surface area contributed by atoms with Crippen molar-refractivity contribution in [1.82, 2.24) is 15.1 Å². The molecule has 0 saturated heterocycles. The lowest BCUT2D eigenvalue weighted by Gasteiger charge is -2.09. The fourth-order valence-electron chi connectivity index (χ4n) is 3.60. The largest absolute Gasteiger partial charge is 0.352 e. The van der Waals surface area contributed by atoms with E-state index in [1.807, 2.05) is 97.9 Å². The molecule has 1 heterocycles. The molecule has 6 nitrogen and oxygen atoms in total. The summed E-state index contributed by atoms with van der Waals surface area (Å²) in [5, 5.41) is 10.6. The van der Waals surface area contributed by atoms with Gasteiger partial charge in [-0.15, -0.1) is 0 Å². The number of carbonyl (C=O) groups is 2. The Morgan fingerprint density at radius 1 is 0.824 bits per heavy atom. The fourth-order valence-corrected chi connectivity index (χ4v) is 3.60. The van der Waals surface area contributed by atoms with Gasteiger partial charge in [-0.05, 0) is 31.0 Å². The van der Waals surface area contributed by atoms with Gasteiger partial charge in [0.05, 0.1) is 11.4 Å². The van der Waals surface area contributed by atoms with Crippen LogP contribution in [-0.2, 0) is 16.1 Å². The molecule has 1 aromatic heterocycles. The summed E-state index contributed by atoms with van der Waals surface area (Å²) in [7, 11) is 0. The van der Waals surface area contributed by atoms with E-state index >= 15 is 0 Å². The average molecular weight is 453 g/mol. The molecule has 2 amide bonds. The first kappa shape index (κ1) is 23.0. The number of aromatic nitrogens is 2. The molecule has 34 heavy (non-hydrogen) atoms. The van der Waals surface area contributed by atoms with Gasteiger partial charge in [-0.3, -0.25) is 9.59 Å². The Labute approximate surface area is 199 Å². The number of rotatable bonds is 9. The third-order valence-electron chi connectivity index (χ3n) is 5.47. The number of benzene rings is 3. The number of amides is 2. The first-order valence-electron chi connectivity index (χ1n) is 11.4. The third kappa shape index (κ3) is 6.19. The molecule has 0 atom stereocenters. The predicted octanol–water partition coefficient (Wildman–Crippen LogP) is 5.27. The Morgan fingerprint density at radius 2 is 1.47 bits per heavy atom. The van der Waals surface area contributed by atoms with E-state index in [0.717, 1.165) is 28.1 Å². The summed E-state index contributed by atoms with van der Waals surface area (Å²) in [6.45, 7) is 2.52. The van der Waals surface area contributed by atoms with E-state index in [9.17, 15) is 9.59 Å². The van der Waals surface area contributed by atoms with Crippen molar-refractivity contribution in [2.45, 2.75) is 32.7 Å². The number of nitrogens with one attached hydrogen (secondary N) is 2. The maximum atomic E-state index is 12.7. The van der Waals surface area contributed by atoms with Gasteiger partial charge in [0, 0.05) is 31.0 Å². The summed E-state index contributed by atoms with van der Waals surface area (Å²) in [4.78, 5) is 24.8. The minimum atomic E-state index is -0.149. The molecular weight excluding hydrogens is 424 g/mol. The highest BCUT2D eigenvalue weighted by Crippen LogP contribution is 2.25. The topological polar surface area (TPSA) is 76.0 Å². The molecule has 3 aromatic carbocycles. The van der Waals surface area contributed by atoms with Gasteiger partial charge < -0.3 is 10.6 Å². The molecule has 172 valence electrons. The summed E-state index contributed by atoms with van der Waals surface area (Å²) < 4.78 is 1.74. The molecule has 0 bridgehead atoms. The van der Waals surface area contributed by atoms with Crippen molar-refractivity contribution in [3.05, 3.63) is 102 Å². The standard InChI is InChI=1S/C28H28N4O2/c1-21-15-17-24(18-16-21)32-26(19-25(31-32)23-11-6-3-7-12-23)30-28(34)14-8-13-27(33)29-20-22-9-4-2-5-10-22/h2-7,9-12,15-19H,8,13-14,20H2,1H3,(H,29,33)(H,30,34). The molecule has 2 N–H and O–H groups in total. The van der Waals surface area contributed by atoms with Crippen molar-refractivity contribution in [2.75, 3.05) is 5.32 Å². The second-order valence-corrected chi connectivity index (χ2v) is 8.19. The first-order valence-corrected chi connectivity index (χ1v) is 11.4. The summed E-state index contributed by atoms with van der Waals surface area (Å²) in [6, 6.07) is 29.5. The monoisotopic (exact) mass is 452 g/mol. The quantitative estimate of drug-likeness (QED) is 0.363. The summed E-state index contributed by atoms with van der Waals surface area (Å²) >= 11 is 0. The minimum absolute atomic E-state index is 0.0623. The first-order chi connectivity index (χ1) is 16.6. The van der Waals surface area contributed by atoms with Crippen LogP contribution in [0.1, 0.15) is 30.4 Å². The maximum absolute atomic E-state index is 12.7. The highest BCUT2D eigenvalue weighted by molar-refractivity contribution is 5.91. The van der Waals surface area contributed by atoms with Crippen molar-refractivity contribution in [3.8, 4) is 16.9 Å². The van der Waals surface area contributed by atoms with Gasteiger partial charge in [0.15, 0.2) is 0 Å². The molecule has 0 aliphatic carbocycles. The number of hydrogen-bond donors (Lipinski definition) is 2. The summed E-state index contributed by atoms with van der Waals surface area (Å²) in [5.41, 5.74) is 4.81. The van der Waals surface area contributed by atoms with Gasteiger partial charge in [0.1, 0.15) is 5.82 Å². The summed E-state index contributed by atoms with van der Waals surface area (Å²) in [6.07, 6.45) is 1.02. The Kier molecular flexibility index (Phi) is 7.50. The molecule has 0 unspecified atom stereocenters. The van der Waals surface area contributed by atoms with Crippen LogP contribution in [0, 0.1) is 6.92 Å². The normalized spacial score (nSPS) is 10.6.